The van der Waals surface area contributed by atoms with Gasteiger partial charge in [0.2, 0.25) is 5.91 Å². The number of carbonyl (C=O) groups excluding carboxylic acids is 1. The van der Waals surface area contributed by atoms with Crippen LogP contribution in [0, 0.1) is 0 Å². The van der Waals surface area contributed by atoms with Crippen molar-refractivity contribution in [3.05, 3.63) is 29.8 Å². The first-order valence-corrected chi connectivity index (χ1v) is 6.58. The van der Waals surface area contributed by atoms with Crippen molar-refractivity contribution in [3.63, 3.8) is 0 Å². The monoisotopic (exact) mass is 320 g/mol. The molecule has 1 aliphatic rings. The van der Waals surface area contributed by atoms with Gasteiger partial charge in [-0.15, -0.1) is 12.4 Å². The number of amides is 1. The minimum atomic E-state index is -2.82. The first kappa shape index (κ1) is 17.7. The molecule has 1 saturated heterocycles. The lowest BCUT2D eigenvalue weighted by Gasteiger charge is -2.21. The van der Waals surface area contributed by atoms with E-state index >= 15 is 0 Å². The summed E-state index contributed by atoms with van der Waals surface area (Å²) >= 11 is 0. The Hall–Kier alpha value is -1.40. The highest BCUT2D eigenvalue weighted by Crippen LogP contribution is 2.16. The molecule has 0 radical (unpaired) electrons. The Morgan fingerprint density at radius 2 is 2.10 bits per heavy atom. The van der Waals surface area contributed by atoms with E-state index in [0.29, 0.717) is 6.54 Å². The van der Waals surface area contributed by atoms with E-state index in [2.05, 4.69) is 10.1 Å². The molecular formula is C14H19ClF2N2O2. The maximum absolute atomic E-state index is 12.1. The minimum Gasteiger partial charge on any atom is -0.435 e. The average molecular weight is 321 g/mol. The van der Waals surface area contributed by atoms with Crippen LogP contribution in [0.5, 0.6) is 5.75 Å². The molecule has 0 spiro atoms. The van der Waals surface area contributed by atoms with Crippen LogP contribution in [0.15, 0.2) is 24.3 Å². The number of likely N-dealkylation sites (N-methyl/N-ethyl adjacent to an activating group) is 1. The van der Waals surface area contributed by atoms with Gasteiger partial charge < -0.3 is 15.0 Å². The molecule has 1 fully saturated rings. The fourth-order valence-corrected chi connectivity index (χ4v) is 2.29. The Labute approximate surface area is 128 Å². The number of carbonyl (C=O) groups is 1. The number of nitrogens with zero attached hydrogens (tertiary/aromatic N) is 1. The second kappa shape index (κ2) is 8.14. The summed E-state index contributed by atoms with van der Waals surface area (Å²) in [7, 11) is 1.74. The van der Waals surface area contributed by atoms with E-state index in [4.69, 9.17) is 0 Å². The Morgan fingerprint density at radius 3 is 2.62 bits per heavy atom. The van der Waals surface area contributed by atoms with Gasteiger partial charge in [-0.3, -0.25) is 4.79 Å². The lowest BCUT2D eigenvalue weighted by molar-refractivity contribution is -0.132. The number of benzene rings is 1. The summed E-state index contributed by atoms with van der Waals surface area (Å²) in [5.41, 5.74) is 0.875. The molecule has 2 rings (SSSR count). The smallest absolute Gasteiger partial charge is 0.387 e. The second-order valence-corrected chi connectivity index (χ2v) is 4.87. The zero-order valence-electron chi connectivity index (χ0n) is 11.7. The Morgan fingerprint density at radius 1 is 1.43 bits per heavy atom. The van der Waals surface area contributed by atoms with Crippen LogP contribution >= 0.6 is 12.4 Å². The summed E-state index contributed by atoms with van der Waals surface area (Å²) in [6.07, 6.45) is 1.88. The van der Waals surface area contributed by atoms with Crippen LogP contribution in [0.1, 0.15) is 18.4 Å². The van der Waals surface area contributed by atoms with E-state index < -0.39 is 6.61 Å². The van der Waals surface area contributed by atoms with Gasteiger partial charge >= 0.3 is 6.61 Å². The zero-order chi connectivity index (χ0) is 14.5. The third-order valence-corrected chi connectivity index (χ3v) is 3.30. The van der Waals surface area contributed by atoms with Crippen molar-refractivity contribution in [1.82, 2.24) is 10.2 Å². The largest absolute Gasteiger partial charge is 0.435 e. The van der Waals surface area contributed by atoms with Crippen molar-refractivity contribution < 1.29 is 18.3 Å². The molecule has 1 aromatic rings. The molecule has 1 atom stereocenters. The van der Waals surface area contributed by atoms with Crippen LogP contribution in [0.25, 0.3) is 0 Å². The van der Waals surface area contributed by atoms with E-state index in [9.17, 15) is 13.6 Å². The summed E-state index contributed by atoms with van der Waals surface area (Å²) in [4.78, 5) is 13.7. The third-order valence-electron chi connectivity index (χ3n) is 3.30. The van der Waals surface area contributed by atoms with Crippen molar-refractivity contribution in [3.8, 4) is 5.75 Å². The summed E-state index contributed by atoms with van der Waals surface area (Å²) < 4.78 is 28.3. The Bertz CT molecular complexity index is 451. The third kappa shape index (κ3) is 5.13. The second-order valence-electron chi connectivity index (χ2n) is 4.87. The number of nitrogens with one attached hydrogen (secondary N) is 1. The normalized spacial score (nSPS) is 17.4. The predicted molar refractivity (Wildman–Crippen MR) is 77.8 cm³/mol. The number of halogens is 3. The highest BCUT2D eigenvalue weighted by molar-refractivity contribution is 5.85. The summed E-state index contributed by atoms with van der Waals surface area (Å²) in [5.74, 6) is 0.186. The van der Waals surface area contributed by atoms with E-state index in [-0.39, 0.29) is 30.1 Å². The SMILES string of the molecule is CN(Cc1ccc(OC(F)F)cc1)C(=O)[C@@H]1CCCN1.Cl. The van der Waals surface area contributed by atoms with Gasteiger partial charge in [-0.25, -0.2) is 0 Å². The van der Waals surface area contributed by atoms with Crippen molar-refractivity contribution in [2.75, 3.05) is 13.6 Å². The molecule has 1 heterocycles. The minimum absolute atomic E-state index is 0. The van der Waals surface area contributed by atoms with Gasteiger partial charge in [0, 0.05) is 13.6 Å². The molecule has 1 aromatic carbocycles. The molecule has 0 aliphatic carbocycles. The highest BCUT2D eigenvalue weighted by atomic mass is 35.5. The molecule has 0 bridgehead atoms. The lowest BCUT2D eigenvalue weighted by atomic mass is 10.1. The van der Waals surface area contributed by atoms with E-state index in [0.717, 1.165) is 24.9 Å². The molecule has 0 unspecified atom stereocenters. The number of hydrogen-bond donors (Lipinski definition) is 1. The number of ether oxygens (including phenoxy) is 1. The molecular weight excluding hydrogens is 302 g/mol. The topological polar surface area (TPSA) is 41.6 Å². The summed E-state index contributed by atoms with van der Waals surface area (Å²) in [6.45, 7) is -1.49. The van der Waals surface area contributed by atoms with Gasteiger partial charge in [-0.2, -0.15) is 8.78 Å². The molecule has 1 N–H and O–H groups in total. The Kier molecular flexibility index (Phi) is 6.84. The van der Waals surface area contributed by atoms with Crippen molar-refractivity contribution >= 4 is 18.3 Å². The van der Waals surface area contributed by atoms with Crippen molar-refractivity contribution in [2.45, 2.75) is 32.0 Å². The Balaban J connectivity index is 0.00000220. The van der Waals surface area contributed by atoms with Crippen LogP contribution < -0.4 is 10.1 Å². The van der Waals surface area contributed by atoms with Crippen LogP contribution in [0.3, 0.4) is 0 Å². The van der Waals surface area contributed by atoms with E-state index in [1.54, 1.807) is 24.1 Å². The van der Waals surface area contributed by atoms with E-state index in [1.165, 1.54) is 12.1 Å². The van der Waals surface area contributed by atoms with E-state index in [1.807, 2.05) is 0 Å². The molecule has 0 saturated carbocycles. The lowest BCUT2D eigenvalue weighted by Crippen LogP contribution is -2.41. The van der Waals surface area contributed by atoms with Crippen molar-refractivity contribution in [1.29, 1.82) is 0 Å². The number of rotatable bonds is 5. The average Bonchev–Trinajstić information content (AvgIpc) is 2.93. The fraction of sp³-hybridized carbons (Fsp3) is 0.500. The molecule has 7 heteroatoms. The zero-order valence-corrected chi connectivity index (χ0v) is 12.5. The molecule has 118 valence electrons. The quantitative estimate of drug-likeness (QED) is 0.906. The first-order valence-electron chi connectivity index (χ1n) is 6.58. The van der Waals surface area contributed by atoms with Gasteiger partial charge in [0.25, 0.3) is 0 Å². The molecule has 21 heavy (non-hydrogen) atoms. The molecule has 1 amide bonds. The molecule has 1 aliphatic heterocycles. The number of hydrogen-bond acceptors (Lipinski definition) is 3. The van der Waals surface area contributed by atoms with Gasteiger partial charge in [-0.1, -0.05) is 12.1 Å². The van der Waals surface area contributed by atoms with Crippen molar-refractivity contribution in [2.24, 2.45) is 0 Å². The summed E-state index contributed by atoms with van der Waals surface area (Å²) in [6, 6.07) is 6.23. The predicted octanol–water partition coefficient (Wildman–Crippen LogP) is 2.42. The van der Waals surface area contributed by atoms with Crippen LogP contribution in [-0.2, 0) is 11.3 Å². The van der Waals surface area contributed by atoms with Gasteiger partial charge in [0.15, 0.2) is 0 Å². The van der Waals surface area contributed by atoms with Gasteiger partial charge in [-0.05, 0) is 37.1 Å². The maximum Gasteiger partial charge on any atom is 0.387 e. The standard InChI is InChI=1S/C14H18F2N2O2.ClH/c1-18(13(19)12-3-2-8-17-12)9-10-4-6-11(7-5-10)20-14(15)16;/h4-7,12,14,17H,2-3,8-9H2,1H3;1H/t12-;/m0./s1. The summed E-state index contributed by atoms with van der Waals surface area (Å²) in [5, 5.41) is 3.16. The van der Waals surface area contributed by atoms with Crippen LogP contribution in [0.4, 0.5) is 8.78 Å². The van der Waals surface area contributed by atoms with Crippen LogP contribution in [-0.4, -0.2) is 37.1 Å². The van der Waals surface area contributed by atoms with Crippen LogP contribution in [0.2, 0.25) is 0 Å². The molecule has 0 aromatic heterocycles. The first-order chi connectivity index (χ1) is 9.56. The number of alkyl halides is 2. The van der Waals surface area contributed by atoms with Gasteiger partial charge in [0.05, 0.1) is 6.04 Å². The maximum atomic E-state index is 12.1. The molecule has 4 nitrogen and oxygen atoms in total. The highest BCUT2D eigenvalue weighted by Gasteiger charge is 2.24. The fourth-order valence-electron chi connectivity index (χ4n) is 2.29. The van der Waals surface area contributed by atoms with Gasteiger partial charge in [0.1, 0.15) is 5.75 Å².